The van der Waals surface area contributed by atoms with Gasteiger partial charge in [-0.3, -0.25) is 4.79 Å². The molecule has 1 heterocycles. The van der Waals surface area contributed by atoms with Crippen molar-refractivity contribution in [3.63, 3.8) is 0 Å². The third kappa shape index (κ3) is 9.68. The van der Waals surface area contributed by atoms with E-state index in [1.165, 1.54) is 7.11 Å². The SMILES string of the molecule is COC(=O)[C@@H](NC(=O)c1ccc(C#CC#CC2CCOC(c3ccccc3)O2)cc1)C(C)(C)NC(=O)OC(C)(C)C. The number of esters is 1. The van der Waals surface area contributed by atoms with Crippen molar-refractivity contribution in [1.29, 1.82) is 0 Å². The summed E-state index contributed by atoms with van der Waals surface area (Å²) >= 11 is 0. The Morgan fingerprint density at radius 3 is 2.29 bits per heavy atom. The molecule has 2 amide bonds. The number of benzene rings is 2. The molecule has 1 aliphatic heterocycles. The first-order valence-corrected chi connectivity index (χ1v) is 13.2. The number of alkyl carbamates (subject to hydrolysis) is 1. The fourth-order valence-corrected chi connectivity index (χ4v) is 3.86. The summed E-state index contributed by atoms with van der Waals surface area (Å²) in [4.78, 5) is 37.8. The highest BCUT2D eigenvalue weighted by molar-refractivity contribution is 5.97. The highest BCUT2D eigenvalue weighted by Crippen LogP contribution is 2.25. The summed E-state index contributed by atoms with van der Waals surface area (Å²) in [5, 5.41) is 5.28. The van der Waals surface area contributed by atoms with Crippen molar-refractivity contribution in [1.82, 2.24) is 10.6 Å². The van der Waals surface area contributed by atoms with Crippen molar-refractivity contribution in [2.75, 3.05) is 13.7 Å². The van der Waals surface area contributed by atoms with E-state index in [4.69, 9.17) is 18.9 Å². The van der Waals surface area contributed by atoms with Crippen LogP contribution in [0, 0.1) is 23.7 Å². The molecule has 1 fully saturated rings. The highest BCUT2D eigenvalue weighted by atomic mass is 16.7. The molecule has 41 heavy (non-hydrogen) atoms. The van der Waals surface area contributed by atoms with Gasteiger partial charge in [-0.05, 0) is 70.7 Å². The summed E-state index contributed by atoms with van der Waals surface area (Å²) in [5.74, 6) is 10.4. The summed E-state index contributed by atoms with van der Waals surface area (Å²) in [6.45, 7) is 8.89. The van der Waals surface area contributed by atoms with E-state index in [9.17, 15) is 14.4 Å². The molecule has 0 bridgehead atoms. The van der Waals surface area contributed by atoms with Crippen LogP contribution >= 0.6 is 0 Å². The average Bonchev–Trinajstić information content (AvgIpc) is 2.93. The number of carbonyl (C=O) groups is 3. The number of rotatable bonds is 6. The lowest BCUT2D eigenvalue weighted by Gasteiger charge is -2.34. The van der Waals surface area contributed by atoms with Crippen LogP contribution in [0.1, 0.15) is 68.8 Å². The summed E-state index contributed by atoms with van der Waals surface area (Å²) < 4.78 is 21.8. The van der Waals surface area contributed by atoms with Crippen molar-refractivity contribution < 1.29 is 33.3 Å². The summed E-state index contributed by atoms with van der Waals surface area (Å²) in [6.07, 6.45) is -0.811. The molecule has 216 valence electrons. The summed E-state index contributed by atoms with van der Waals surface area (Å²) in [6, 6.07) is 15.0. The average molecular weight is 561 g/mol. The van der Waals surface area contributed by atoms with Crippen LogP contribution in [0.4, 0.5) is 4.79 Å². The minimum atomic E-state index is -1.22. The lowest BCUT2D eigenvalue weighted by Crippen LogP contribution is -2.62. The van der Waals surface area contributed by atoms with E-state index in [1.54, 1.807) is 58.9 Å². The monoisotopic (exact) mass is 560 g/mol. The van der Waals surface area contributed by atoms with E-state index < -0.39 is 41.4 Å². The van der Waals surface area contributed by atoms with Crippen LogP contribution in [0.15, 0.2) is 54.6 Å². The van der Waals surface area contributed by atoms with E-state index in [2.05, 4.69) is 34.3 Å². The molecule has 2 aromatic rings. The number of carbonyl (C=O) groups excluding carboxylic acids is 3. The minimum Gasteiger partial charge on any atom is -0.467 e. The molecule has 2 unspecified atom stereocenters. The second-order valence-corrected chi connectivity index (χ2v) is 10.9. The van der Waals surface area contributed by atoms with Crippen molar-refractivity contribution in [3.8, 4) is 23.7 Å². The lowest BCUT2D eigenvalue weighted by atomic mass is 9.94. The van der Waals surface area contributed by atoms with Gasteiger partial charge < -0.3 is 29.6 Å². The molecule has 0 saturated carbocycles. The van der Waals surface area contributed by atoms with Crippen LogP contribution in [0.25, 0.3) is 0 Å². The quantitative estimate of drug-likeness (QED) is 0.404. The topological polar surface area (TPSA) is 112 Å². The van der Waals surface area contributed by atoms with Crippen molar-refractivity contribution in [2.24, 2.45) is 0 Å². The second kappa shape index (κ2) is 13.8. The zero-order valence-electron chi connectivity index (χ0n) is 24.2. The van der Waals surface area contributed by atoms with Gasteiger partial charge in [0.2, 0.25) is 0 Å². The molecule has 0 aliphatic carbocycles. The van der Waals surface area contributed by atoms with Crippen molar-refractivity contribution in [3.05, 3.63) is 71.3 Å². The zero-order valence-corrected chi connectivity index (χ0v) is 24.2. The van der Waals surface area contributed by atoms with E-state index in [1.807, 2.05) is 30.3 Å². The van der Waals surface area contributed by atoms with E-state index >= 15 is 0 Å². The molecule has 1 aliphatic rings. The van der Waals surface area contributed by atoms with Crippen LogP contribution in [-0.2, 0) is 23.7 Å². The van der Waals surface area contributed by atoms with Crippen LogP contribution in [0.3, 0.4) is 0 Å². The maximum atomic E-state index is 13.0. The predicted octanol–water partition coefficient (Wildman–Crippen LogP) is 4.12. The fraction of sp³-hybridized carbons (Fsp3) is 0.406. The second-order valence-electron chi connectivity index (χ2n) is 10.9. The van der Waals surface area contributed by atoms with E-state index in [-0.39, 0.29) is 6.10 Å². The first kappa shape index (κ1) is 31.2. The van der Waals surface area contributed by atoms with E-state index in [0.29, 0.717) is 24.2 Å². The van der Waals surface area contributed by atoms with E-state index in [0.717, 1.165) is 5.56 Å². The Balaban J connectivity index is 1.61. The van der Waals surface area contributed by atoms with Gasteiger partial charge in [-0.1, -0.05) is 42.2 Å². The van der Waals surface area contributed by atoms with Gasteiger partial charge >= 0.3 is 12.1 Å². The molecule has 2 aromatic carbocycles. The van der Waals surface area contributed by atoms with Gasteiger partial charge in [-0.15, -0.1) is 0 Å². The third-order valence-corrected chi connectivity index (χ3v) is 5.92. The smallest absolute Gasteiger partial charge is 0.408 e. The Hall–Kier alpha value is -4.31. The Kier molecular flexibility index (Phi) is 10.5. The molecule has 2 N–H and O–H groups in total. The molecule has 3 rings (SSSR count). The number of amides is 2. The molecular weight excluding hydrogens is 524 g/mol. The Morgan fingerprint density at radius 2 is 1.66 bits per heavy atom. The number of nitrogens with one attached hydrogen (secondary N) is 2. The molecule has 0 spiro atoms. The van der Waals surface area contributed by atoms with Crippen LogP contribution < -0.4 is 10.6 Å². The van der Waals surface area contributed by atoms with Crippen LogP contribution in [0.2, 0.25) is 0 Å². The van der Waals surface area contributed by atoms with Gasteiger partial charge in [-0.25, -0.2) is 9.59 Å². The fourth-order valence-electron chi connectivity index (χ4n) is 3.86. The molecule has 3 atom stereocenters. The molecule has 0 radical (unpaired) electrons. The number of methoxy groups -OCH3 is 1. The normalized spacial score (nSPS) is 17.4. The highest BCUT2D eigenvalue weighted by Gasteiger charge is 2.40. The van der Waals surface area contributed by atoms with Gasteiger partial charge in [0.1, 0.15) is 17.7 Å². The molecule has 1 saturated heterocycles. The van der Waals surface area contributed by atoms with Gasteiger partial charge in [0.15, 0.2) is 6.29 Å². The molecular formula is C32H36N2O7. The number of hydrogen-bond donors (Lipinski definition) is 2. The maximum absolute atomic E-state index is 13.0. The molecule has 0 aromatic heterocycles. The number of ether oxygens (including phenoxy) is 4. The lowest BCUT2D eigenvalue weighted by molar-refractivity contribution is -0.202. The zero-order chi connectivity index (χ0) is 30.0. The van der Waals surface area contributed by atoms with Gasteiger partial charge in [0, 0.05) is 23.1 Å². The minimum absolute atomic E-state index is 0.286. The summed E-state index contributed by atoms with van der Waals surface area (Å²) in [5.41, 5.74) is -0.0574. The van der Waals surface area contributed by atoms with Crippen molar-refractivity contribution in [2.45, 2.75) is 70.6 Å². The number of hydrogen-bond acceptors (Lipinski definition) is 7. The summed E-state index contributed by atoms with van der Waals surface area (Å²) in [7, 11) is 1.21. The third-order valence-electron chi connectivity index (χ3n) is 5.92. The standard InChI is InChI=1S/C32H36N2O7/c1-31(2,3)41-30(37)34-32(4,5)26(28(36)38-6)33-27(35)23-18-16-22(17-19-23)12-10-11-15-25-20-21-39-29(40-25)24-13-8-7-9-14-24/h7-9,13-14,16-19,25-26,29H,20-21H2,1-6H3,(H,33,35)(H,34,37)/t25?,26-,29?/m1/s1. The predicted molar refractivity (Wildman–Crippen MR) is 152 cm³/mol. The Labute approximate surface area is 241 Å². The first-order valence-electron chi connectivity index (χ1n) is 13.2. The van der Waals surface area contributed by atoms with Crippen LogP contribution in [0.5, 0.6) is 0 Å². The first-order chi connectivity index (χ1) is 19.4. The van der Waals surface area contributed by atoms with Crippen LogP contribution in [-0.4, -0.2) is 55.0 Å². The maximum Gasteiger partial charge on any atom is 0.408 e. The molecule has 9 nitrogen and oxygen atoms in total. The van der Waals surface area contributed by atoms with Gasteiger partial charge in [-0.2, -0.15) is 0 Å². The largest absolute Gasteiger partial charge is 0.467 e. The Morgan fingerprint density at radius 1 is 0.976 bits per heavy atom. The van der Waals surface area contributed by atoms with Gasteiger partial charge in [0.05, 0.1) is 19.3 Å². The molecule has 9 heteroatoms. The van der Waals surface area contributed by atoms with Gasteiger partial charge in [0.25, 0.3) is 5.91 Å². The van der Waals surface area contributed by atoms with Crippen molar-refractivity contribution >= 4 is 18.0 Å². The Bertz CT molecular complexity index is 1340.